The number of carboxylic acid groups (broad SMARTS) is 2. The van der Waals surface area contributed by atoms with Crippen LogP contribution in [0.4, 0.5) is 4.79 Å². The van der Waals surface area contributed by atoms with Crippen molar-refractivity contribution in [3.05, 3.63) is 0 Å². The molecular weight excluding hydrogens is 416 g/mol. The van der Waals surface area contributed by atoms with Crippen LogP contribution in [-0.2, 0) is 23.9 Å². The summed E-state index contributed by atoms with van der Waals surface area (Å²) in [6, 6.07) is -2.75. The van der Waals surface area contributed by atoms with Crippen LogP contribution in [0.1, 0.15) is 40.0 Å². The fourth-order valence-electron chi connectivity index (χ4n) is 2.13. The average Bonchev–Trinajstić information content (AvgIpc) is 2.59. The van der Waals surface area contributed by atoms with Crippen LogP contribution in [-0.4, -0.2) is 76.8 Å². The van der Waals surface area contributed by atoms with E-state index in [0.717, 1.165) is 0 Å². The van der Waals surface area contributed by atoms with Crippen molar-refractivity contribution in [3.63, 3.8) is 0 Å². The van der Waals surface area contributed by atoms with Gasteiger partial charge in [0, 0.05) is 6.54 Å². The van der Waals surface area contributed by atoms with Gasteiger partial charge in [-0.1, -0.05) is 0 Å². The van der Waals surface area contributed by atoms with Crippen molar-refractivity contribution in [2.75, 3.05) is 13.1 Å². The van der Waals surface area contributed by atoms with Gasteiger partial charge < -0.3 is 42.4 Å². The van der Waals surface area contributed by atoms with Crippen LogP contribution in [0.2, 0.25) is 0 Å². The molecule has 0 aliphatic heterocycles. The maximum Gasteiger partial charge on any atom is 0.408 e. The first-order chi connectivity index (χ1) is 14.2. The molecule has 0 aliphatic carbocycles. The first kappa shape index (κ1) is 27.4. The molecular formula is C17H30N6O8. The SMILES string of the molecule is CC(C)(C)OC(=O)N[C@@H](CCCN=C(N)N)C(=O)NCC(=O)N[C@@H](CC(=O)O)C(=O)O. The second-order valence-electron chi connectivity index (χ2n) is 7.42. The Morgan fingerprint density at radius 1 is 1.03 bits per heavy atom. The van der Waals surface area contributed by atoms with Gasteiger partial charge in [-0.25, -0.2) is 9.59 Å². The van der Waals surface area contributed by atoms with E-state index in [-0.39, 0.29) is 18.9 Å². The minimum atomic E-state index is -1.66. The summed E-state index contributed by atoms with van der Waals surface area (Å²) < 4.78 is 5.11. The summed E-state index contributed by atoms with van der Waals surface area (Å²) in [4.78, 5) is 61.7. The van der Waals surface area contributed by atoms with E-state index in [2.05, 4.69) is 15.6 Å². The Labute approximate surface area is 178 Å². The number of hydrogen-bond donors (Lipinski definition) is 7. The maximum absolute atomic E-state index is 12.4. The minimum absolute atomic E-state index is 0.111. The van der Waals surface area contributed by atoms with Gasteiger partial charge >= 0.3 is 18.0 Å². The number of rotatable bonds is 12. The molecule has 3 amide bonds. The predicted octanol–water partition coefficient (Wildman–Crippen LogP) is -1.91. The molecule has 2 atom stereocenters. The highest BCUT2D eigenvalue weighted by molar-refractivity contribution is 5.91. The van der Waals surface area contributed by atoms with Gasteiger partial charge in [0.05, 0.1) is 13.0 Å². The van der Waals surface area contributed by atoms with E-state index >= 15 is 0 Å². The van der Waals surface area contributed by atoms with Crippen LogP contribution in [0.3, 0.4) is 0 Å². The van der Waals surface area contributed by atoms with Gasteiger partial charge in [-0.2, -0.15) is 0 Å². The van der Waals surface area contributed by atoms with Gasteiger partial charge in [-0.05, 0) is 33.6 Å². The molecule has 0 aliphatic rings. The average molecular weight is 446 g/mol. The number of carbonyl (C=O) groups is 5. The van der Waals surface area contributed by atoms with Crippen LogP contribution in [0.15, 0.2) is 4.99 Å². The van der Waals surface area contributed by atoms with E-state index in [1.165, 1.54) is 0 Å². The van der Waals surface area contributed by atoms with Crippen LogP contribution in [0.5, 0.6) is 0 Å². The fourth-order valence-corrected chi connectivity index (χ4v) is 2.13. The van der Waals surface area contributed by atoms with Crippen molar-refractivity contribution in [1.82, 2.24) is 16.0 Å². The lowest BCUT2D eigenvalue weighted by atomic mass is 10.1. The van der Waals surface area contributed by atoms with E-state index in [1.807, 2.05) is 5.32 Å². The summed E-state index contributed by atoms with van der Waals surface area (Å²) in [5.74, 6) is -4.74. The third-order valence-corrected chi connectivity index (χ3v) is 3.39. The molecule has 0 rings (SSSR count). The largest absolute Gasteiger partial charge is 0.481 e. The number of nitrogens with zero attached hydrogens (tertiary/aromatic N) is 1. The highest BCUT2D eigenvalue weighted by Gasteiger charge is 2.26. The standard InChI is InChI=1S/C17H30N6O8/c1-17(2,3)31-16(30)23-9(5-4-6-20-15(18)19)13(27)21-8-11(24)22-10(14(28)29)7-12(25)26/h9-10H,4-8H2,1-3H3,(H,21,27)(H,22,24)(H,23,30)(H,25,26)(H,28,29)(H4,18,19,20)/t9-,10-/m0/s1. The lowest BCUT2D eigenvalue weighted by Crippen LogP contribution is -2.51. The van der Waals surface area contributed by atoms with Crippen molar-refractivity contribution >= 4 is 35.8 Å². The van der Waals surface area contributed by atoms with E-state index in [9.17, 15) is 24.0 Å². The molecule has 0 unspecified atom stereocenters. The van der Waals surface area contributed by atoms with Gasteiger partial charge in [0.1, 0.15) is 17.7 Å². The zero-order valence-electron chi connectivity index (χ0n) is 17.6. The molecule has 0 bridgehead atoms. The number of amides is 3. The van der Waals surface area contributed by atoms with Gasteiger partial charge in [0.2, 0.25) is 11.8 Å². The zero-order chi connectivity index (χ0) is 24.2. The van der Waals surface area contributed by atoms with Gasteiger partial charge in [0.15, 0.2) is 5.96 Å². The first-order valence-corrected chi connectivity index (χ1v) is 9.28. The Bertz CT molecular complexity index is 699. The number of guanidine groups is 1. The quantitative estimate of drug-likeness (QED) is 0.0997. The summed E-state index contributed by atoms with van der Waals surface area (Å²) in [6.45, 7) is 4.48. The molecule has 176 valence electrons. The molecule has 0 saturated carbocycles. The van der Waals surface area contributed by atoms with E-state index in [1.54, 1.807) is 20.8 Å². The Morgan fingerprint density at radius 3 is 2.13 bits per heavy atom. The number of aliphatic imine (C=N–C) groups is 1. The van der Waals surface area contributed by atoms with Gasteiger partial charge in [-0.3, -0.25) is 19.4 Å². The van der Waals surface area contributed by atoms with Crippen molar-refractivity contribution in [2.24, 2.45) is 16.5 Å². The third kappa shape index (κ3) is 14.1. The third-order valence-electron chi connectivity index (χ3n) is 3.39. The molecule has 0 heterocycles. The summed E-state index contributed by atoms with van der Waals surface area (Å²) in [5.41, 5.74) is 9.65. The molecule has 31 heavy (non-hydrogen) atoms. The number of nitrogens with one attached hydrogen (secondary N) is 3. The Morgan fingerprint density at radius 2 is 1.65 bits per heavy atom. The molecule has 0 saturated heterocycles. The van der Waals surface area contributed by atoms with Gasteiger partial charge in [0.25, 0.3) is 0 Å². The van der Waals surface area contributed by atoms with Crippen LogP contribution in [0.25, 0.3) is 0 Å². The Hall–Kier alpha value is -3.58. The van der Waals surface area contributed by atoms with Crippen LogP contribution in [0, 0.1) is 0 Å². The van der Waals surface area contributed by atoms with Crippen LogP contribution < -0.4 is 27.4 Å². The normalized spacial score (nSPS) is 12.6. The molecule has 0 radical (unpaired) electrons. The molecule has 0 aromatic heterocycles. The second-order valence-corrected chi connectivity index (χ2v) is 7.42. The Kier molecular flexibility index (Phi) is 11.4. The number of alkyl carbamates (subject to hydrolysis) is 1. The fraction of sp³-hybridized carbons (Fsp3) is 0.647. The van der Waals surface area contributed by atoms with E-state index in [4.69, 9.17) is 26.4 Å². The summed E-state index contributed by atoms with van der Waals surface area (Å²) in [5, 5.41) is 24.2. The lowest BCUT2D eigenvalue weighted by molar-refractivity contribution is -0.147. The molecule has 0 aromatic rings. The second kappa shape index (κ2) is 12.9. The molecule has 0 fully saturated rings. The molecule has 9 N–H and O–H groups in total. The number of nitrogens with two attached hydrogens (primary N) is 2. The van der Waals surface area contributed by atoms with E-state index in [0.29, 0.717) is 6.42 Å². The molecule has 0 aromatic carbocycles. The minimum Gasteiger partial charge on any atom is -0.481 e. The molecule has 14 heteroatoms. The van der Waals surface area contributed by atoms with E-state index < -0.39 is 60.5 Å². The van der Waals surface area contributed by atoms with Crippen molar-refractivity contribution in [1.29, 1.82) is 0 Å². The van der Waals surface area contributed by atoms with Crippen molar-refractivity contribution < 1.29 is 38.9 Å². The highest BCUT2D eigenvalue weighted by Crippen LogP contribution is 2.08. The predicted molar refractivity (Wildman–Crippen MR) is 108 cm³/mol. The topological polar surface area (TPSA) is 236 Å². The summed E-state index contributed by atoms with van der Waals surface area (Å²) in [6.07, 6.45) is -1.26. The number of ether oxygens (including phenoxy) is 1. The number of carboxylic acids is 2. The van der Waals surface area contributed by atoms with Crippen molar-refractivity contribution in [3.8, 4) is 0 Å². The number of hydrogen-bond acceptors (Lipinski definition) is 7. The van der Waals surface area contributed by atoms with Gasteiger partial charge in [-0.15, -0.1) is 0 Å². The van der Waals surface area contributed by atoms with Crippen LogP contribution >= 0.6 is 0 Å². The summed E-state index contributed by atoms with van der Waals surface area (Å²) >= 11 is 0. The number of aliphatic carboxylic acids is 2. The lowest BCUT2D eigenvalue weighted by Gasteiger charge is -2.23. The smallest absolute Gasteiger partial charge is 0.408 e. The van der Waals surface area contributed by atoms with Crippen molar-refractivity contribution in [2.45, 2.75) is 57.7 Å². The summed E-state index contributed by atoms with van der Waals surface area (Å²) in [7, 11) is 0. The maximum atomic E-state index is 12.4. The molecule has 14 nitrogen and oxygen atoms in total. The zero-order valence-corrected chi connectivity index (χ0v) is 17.6. The Balaban J connectivity index is 4.93. The number of carbonyl (C=O) groups excluding carboxylic acids is 3. The molecule has 0 spiro atoms. The monoisotopic (exact) mass is 446 g/mol. The highest BCUT2D eigenvalue weighted by atomic mass is 16.6. The first-order valence-electron chi connectivity index (χ1n) is 9.28.